The number of rotatable bonds is 7. The molecule has 1 fully saturated rings. The molecule has 37 heavy (non-hydrogen) atoms. The van der Waals surface area contributed by atoms with Crippen molar-refractivity contribution in [2.45, 2.75) is 12.8 Å². The highest BCUT2D eigenvalue weighted by molar-refractivity contribution is 6.35. The normalized spacial score (nSPS) is 15.3. The van der Waals surface area contributed by atoms with E-state index in [1.165, 1.54) is 6.08 Å². The van der Waals surface area contributed by atoms with E-state index in [0.29, 0.717) is 54.1 Å². The number of nitrogens with one attached hydrogen (secondary N) is 1. The first-order chi connectivity index (χ1) is 18.0. The molecule has 2 aromatic heterocycles. The van der Waals surface area contributed by atoms with Gasteiger partial charge in [-0.1, -0.05) is 35.9 Å². The van der Waals surface area contributed by atoms with E-state index in [1.54, 1.807) is 24.4 Å². The lowest BCUT2D eigenvalue weighted by atomic mass is 10.0. The highest BCUT2D eigenvalue weighted by Crippen LogP contribution is 2.32. The number of anilines is 1. The van der Waals surface area contributed by atoms with Crippen LogP contribution in [0.15, 0.2) is 65.2 Å². The molecule has 1 saturated heterocycles. The van der Waals surface area contributed by atoms with Gasteiger partial charge in [0.05, 0.1) is 24.8 Å². The number of halogens is 1. The molecule has 10 heteroatoms. The lowest BCUT2D eigenvalue weighted by Gasteiger charge is -2.31. The Labute approximate surface area is 218 Å². The standard InChI is InChI=1S/C27H26ClN5O4/c28-21-13-20(18-3-5-19(6-4-18)27(35)33-9-11-36-12-10-33)14-22-26(21)37-25(32-22)16-31-24(34)8-2-17-1-7-23(29)30-15-17/h1-8,13-15,27,35H,9-12,16H2,(H2,29,30)(H,31,34)/b8-2+. The number of pyridine rings is 1. The van der Waals surface area contributed by atoms with Crippen LogP contribution in [0.3, 0.4) is 0 Å². The summed E-state index contributed by atoms with van der Waals surface area (Å²) in [6.07, 6.45) is 3.96. The predicted molar refractivity (Wildman–Crippen MR) is 141 cm³/mol. The molecule has 5 rings (SSSR count). The van der Waals surface area contributed by atoms with Crippen LogP contribution in [0.4, 0.5) is 5.82 Å². The van der Waals surface area contributed by atoms with Gasteiger partial charge in [-0.3, -0.25) is 9.69 Å². The molecule has 1 amide bonds. The molecule has 3 heterocycles. The van der Waals surface area contributed by atoms with Gasteiger partial charge in [0.1, 0.15) is 17.6 Å². The van der Waals surface area contributed by atoms with Crippen LogP contribution in [-0.4, -0.2) is 52.2 Å². The molecule has 9 nitrogen and oxygen atoms in total. The molecule has 190 valence electrons. The van der Waals surface area contributed by atoms with Gasteiger partial charge >= 0.3 is 0 Å². The zero-order valence-corrected chi connectivity index (χ0v) is 20.7. The first-order valence-electron chi connectivity index (χ1n) is 11.8. The van der Waals surface area contributed by atoms with Crippen molar-refractivity contribution in [1.82, 2.24) is 20.2 Å². The fourth-order valence-electron chi connectivity index (χ4n) is 4.07. The quantitative estimate of drug-likeness (QED) is 0.315. The summed E-state index contributed by atoms with van der Waals surface area (Å²) in [6.45, 7) is 2.74. The van der Waals surface area contributed by atoms with Gasteiger partial charge in [0.15, 0.2) is 5.58 Å². The zero-order chi connectivity index (χ0) is 25.8. The van der Waals surface area contributed by atoms with E-state index >= 15 is 0 Å². The number of hydrogen-bond donors (Lipinski definition) is 3. The van der Waals surface area contributed by atoms with Crippen LogP contribution in [0, 0.1) is 0 Å². The summed E-state index contributed by atoms with van der Waals surface area (Å²) in [5, 5.41) is 13.8. The topological polar surface area (TPSA) is 127 Å². The van der Waals surface area contributed by atoms with E-state index in [1.807, 2.05) is 41.3 Å². The summed E-state index contributed by atoms with van der Waals surface area (Å²) < 4.78 is 11.1. The molecular formula is C27H26ClN5O4. The number of amides is 1. The smallest absolute Gasteiger partial charge is 0.244 e. The van der Waals surface area contributed by atoms with E-state index in [9.17, 15) is 9.90 Å². The van der Waals surface area contributed by atoms with Gasteiger partial charge in [-0.25, -0.2) is 9.97 Å². The van der Waals surface area contributed by atoms with Crippen LogP contribution in [-0.2, 0) is 16.1 Å². The molecule has 4 N–H and O–H groups in total. The summed E-state index contributed by atoms with van der Waals surface area (Å²) in [5.41, 5.74) is 9.99. The molecule has 1 aliphatic heterocycles. The molecule has 1 aliphatic rings. The Bertz CT molecular complexity index is 1410. The maximum absolute atomic E-state index is 12.2. The number of nitrogen functional groups attached to an aromatic ring is 1. The minimum absolute atomic E-state index is 0.109. The number of morpholine rings is 1. The molecule has 0 bridgehead atoms. The van der Waals surface area contributed by atoms with Gasteiger partial charge in [-0.05, 0) is 52.6 Å². The van der Waals surface area contributed by atoms with Crippen LogP contribution in [0.1, 0.15) is 23.2 Å². The maximum atomic E-state index is 12.2. The maximum Gasteiger partial charge on any atom is 0.244 e. The first-order valence-corrected chi connectivity index (χ1v) is 12.2. The third-order valence-corrected chi connectivity index (χ3v) is 6.35. The minimum atomic E-state index is -0.671. The monoisotopic (exact) mass is 519 g/mol. The second-order valence-electron chi connectivity index (χ2n) is 8.63. The number of oxazole rings is 1. The van der Waals surface area contributed by atoms with Crippen molar-refractivity contribution < 1.29 is 19.1 Å². The number of aliphatic hydroxyl groups is 1. The van der Waals surface area contributed by atoms with E-state index in [2.05, 4.69) is 15.3 Å². The molecule has 0 saturated carbocycles. The first kappa shape index (κ1) is 24.9. The van der Waals surface area contributed by atoms with Crippen molar-refractivity contribution in [1.29, 1.82) is 0 Å². The van der Waals surface area contributed by atoms with Crippen LogP contribution < -0.4 is 11.1 Å². The number of fused-ring (bicyclic) bond motifs is 1. The molecule has 0 spiro atoms. The van der Waals surface area contributed by atoms with Gasteiger partial charge < -0.3 is 25.3 Å². The number of nitrogens with zero attached hydrogens (tertiary/aromatic N) is 3. The van der Waals surface area contributed by atoms with Crippen molar-refractivity contribution in [3.63, 3.8) is 0 Å². The zero-order valence-electron chi connectivity index (χ0n) is 19.9. The van der Waals surface area contributed by atoms with Crippen molar-refractivity contribution in [3.05, 3.63) is 82.8 Å². The summed E-state index contributed by atoms with van der Waals surface area (Å²) >= 11 is 6.49. The van der Waals surface area contributed by atoms with Gasteiger partial charge in [-0.2, -0.15) is 0 Å². The molecule has 0 aliphatic carbocycles. The Morgan fingerprint density at radius 1 is 1.16 bits per heavy atom. The molecule has 1 atom stereocenters. The third-order valence-electron chi connectivity index (χ3n) is 6.07. The Hall–Kier alpha value is -3.76. The number of benzene rings is 2. The van der Waals surface area contributed by atoms with Gasteiger partial charge in [0, 0.05) is 25.4 Å². The summed E-state index contributed by atoms with van der Waals surface area (Å²) in [5.74, 6) is 0.457. The number of ether oxygens (including phenoxy) is 1. The third kappa shape index (κ3) is 5.98. The number of carbonyl (C=O) groups excluding carboxylic acids is 1. The predicted octanol–water partition coefficient (Wildman–Crippen LogP) is 3.78. The van der Waals surface area contributed by atoms with Gasteiger partial charge in [-0.15, -0.1) is 0 Å². The molecular weight excluding hydrogens is 494 g/mol. The minimum Gasteiger partial charge on any atom is -0.437 e. The number of aliphatic hydroxyl groups excluding tert-OH is 1. The highest BCUT2D eigenvalue weighted by Gasteiger charge is 2.20. The lowest BCUT2D eigenvalue weighted by molar-refractivity contribution is -0.116. The van der Waals surface area contributed by atoms with Crippen molar-refractivity contribution in [3.8, 4) is 11.1 Å². The van der Waals surface area contributed by atoms with Crippen LogP contribution in [0.2, 0.25) is 5.02 Å². The molecule has 1 unspecified atom stereocenters. The summed E-state index contributed by atoms with van der Waals surface area (Å²) in [7, 11) is 0. The average molecular weight is 520 g/mol. The Kier molecular flexibility index (Phi) is 7.47. The fourth-order valence-corrected chi connectivity index (χ4v) is 4.32. The van der Waals surface area contributed by atoms with E-state index in [-0.39, 0.29) is 12.5 Å². The molecule has 2 aromatic carbocycles. The van der Waals surface area contributed by atoms with Crippen molar-refractivity contribution >= 4 is 40.5 Å². The Balaban J connectivity index is 1.25. The van der Waals surface area contributed by atoms with E-state index < -0.39 is 6.23 Å². The Morgan fingerprint density at radius 3 is 2.68 bits per heavy atom. The highest BCUT2D eigenvalue weighted by atomic mass is 35.5. The second kappa shape index (κ2) is 11.1. The van der Waals surface area contributed by atoms with E-state index in [4.69, 9.17) is 26.5 Å². The number of carbonyl (C=O) groups is 1. The number of nitrogens with two attached hydrogens (primary N) is 1. The van der Waals surface area contributed by atoms with Gasteiger partial charge in [0.2, 0.25) is 11.8 Å². The van der Waals surface area contributed by atoms with Gasteiger partial charge in [0.25, 0.3) is 0 Å². The fraction of sp³-hybridized carbons (Fsp3) is 0.222. The molecule has 4 aromatic rings. The van der Waals surface area contributed by atoms with Crippen LogP contribution >= 0.6 is 11.6 Å². The van der Waals surface area contributed by atoms with Crippen LogP contribution in [0.25, 0.3) is 28.3 Å². The van der Waals surface area contributed by atoms with Crippen molar-refractivity contribution in [2.24, 2.45) is 0 Å². The van der Waals surface area contributed by atoms with E-state index in [0.717, 1.165) is 22.3 Å². The molecule has 0 radical (unpaired) electrons. The largest absolute Gasteiger partial charge is 0.437 e. The lowest BCUT2D eigenvalue weighted by Crippen LogP contribution is -2.38. The average Bonchev–Trinajstić information content (AvgIpc) is 3.35. The second-order valence-corrected chi connectivity index (χ2v) is 9.03. The van der Waals surface area contributed by atoms with Crippen molar-refractivity contribution in [2.75, 3.05) is 32.0 Å². The summed E-state index contributed by atoms with van der Waals surface area (Å²) in [4.78, 5) is 22.7. The van der Waals surface area contributed by atoms with Crippen LogP contribution in [0.5, 0.6) is 0 Å². The Morgan fingerprint density at radius 2 is 1.95 bits per heavy atom. The SMILES string of the molecule is Nc1ccc(/C=C/C(=O)NCc2nc3cc(-c4ccc(C(O)N5CCOCC5)cc4)cc(Cl)c3o2)cn1. The summed E-state index contributed by atoms with van der Waals surface area (Å²) in [6, 6.07) is 14.8. The number of aromatic nitrogens is 2. The number of hydrogen-bond acceptors (Lipinski definition) is 8.